The van der Waals surface area contributed by atoms with Gasteiger partial charge in [-0.15, -0.1) is 0 Å². The molecule has 2 heterocycles. The van der Waals surface area contributed by atoms with Gasteiger partial charge in [-0.2, -0.15) is 0 Å². The minimum absolute atomic E-state index is 0.0975. The fourth-order valence-corrected chi connectivity index (χ4v) is 4.36. The first-order valence-electron chi connectivity index (χ1n) is 10.6. The van der Waals surface area contributed by atoms with Crippen LogP contribution in [0.25, 0.3) is 0 Å². The van der Waals surface area contributed by atoms with Crippen molar-refractivity contribution in [3.05, 3.63) is 59.7 Å². The lowest BCUT2D eigenvalue weighted by Crippen LogP contribution is -2.35. The summed E-state index contributed by atoms with van der Waals surface area (Å²) in [6.45, 7) is 4.23. The van der Waals surface area contributed by atoms with E-state index in [4.69, 9.17) is 4.74 Å². The number of anilines is 1. The number of nitrogens with zero attached hydrogens (tertiary/aromatic N) is 1. The molecule has 0 unspecified atom stereocenters. The summed E-state index contributed by atoms with van der Waals surface area (Å²) in [5, 5.41) is 2.94. The van der Waals surface area contributed by atoms with E-state index in [1.165, 1.54) is 37.9 Å². The minimum atomic E-state index is 0.0975. The van der Waals surface area contributed by atoms with E-state index in [2.05, 4.69) is 40.5 Å². The third-order valence-electron chi connectivity index (χ3n) is 5.96. The zero-order valence-electron chi connectivity index (χ0n) is 16.5. The number of likely N-dealkylation sites (tertiary alicyclic amines) is 1. The van der Waals surface area contributed by atoms with Gasteiger partial charge in [0.1, 0.15) is 5.75 Å². The number of fused-ring (bicyclic) bond motifs is 1. The van der Waals surface area contributed by atoms with E-state index in [1.807, 2.05) is 18.2 Å². The van der Waals surface area contributed by atoms with Crippen LogP contribution < -0.4 is 10.1 Å². The molecule has 0 spiro atoms. The van der Waals surface area contributed by atoms with Gasteiger partial charge in [0.15, 0.2) is 0 Å². The first kappa shape index (κ1) is 19.0. The Labute approximate surface area is 167 Å². The summed E-state index contributed by atoms with van der Waals surface area (Å²) in [7, 11) is 0. The van der Waals surface area contributed by atoms with E-state index in [-0.39, 0.29) is 5.91 Å². The number of hydrogen-bond donors (Lipinski definition) is 1. The lowest BCUT2D eigenvalue weighted by molar-refractivity contribution is -0.116. The maximum absolute atomic E-state index is 11.5. The predicted octanol–water partition coefficient (Wildman–Crippen LogP) is 4.29. The molecule has 1 N–H and O–H groups in total. The average molecular weight is 379 g/mol. The van der Waals surface area contributed by atoms with Crippen molar-refractivity contribution < 1.29 is 9.53 Å². The molecule has 0 aromatic heterocycles. The van der Waals surface area contributed by atoms with Crippen molar-refractivity contribution in [2.24, 2.45) is 5.92 Å². The van der Waals surface area contributed by atoms with E-state index in [0.29, 0.717) is 6.42 Å². The fraction of sp³-hybridized carbons (Fsp3) is 0.458. The SMILES string of the molecule is O=C1CCc2c(cccc2OCCCN2CCC(Cc3ccccc3)CC2)N1. The monoisotopic (exact) mass is 378 g/mol. The maximum Gasteiger partial charge on any atom is 0.224 e. The number of amides is 1. The first-order chi connectivity index (χ1) is 13.8. The third kappa shape index (κ3) is 4.93. The summed E-state index contributed by atoms with van der Waals surface area (Å²) in [5.41, 5.74) is 3.52. The predicted molar refractivity (Wildman–Crippen MR) is 113 cm³/mol. The van der Waals surface area contributed by atoms with Crippen molar-refractivity contribution in [2.75, 3.05) is 31.6 Å². The molecule has 148 valence electrons. The Bertz CT molecular complexity index is 782. The second kappa shape index (κ2) is 9.24. The summed E-state index contributed by atoms with van der Waals surface area (Å²) >= 11 is 0. The molecule has 0 aliphatic carbocycles. The van der Waals surface area contributed by atoms with Crippen molar-refractivity contribution in [3.63, 3.8) is 0 Å². The number of ether oxygens (including phenoxy) is 1. The molecule has 1 amide bonds. The average Bonchev–Trinajstić information content (AvgIpc) is 2.73. The Morgan fingerprint density at radius 2 is 1.82 bits per heavy atom. The summed E-state index contributed by atoms with van der Waals surface area (Å²) in [6, 6.07) is 16.8. The summed E-state index contributed by atoms with van der Waals surface area (Å²) in [5.74, 6) is 1.85. The van der Waals surface area contributed by atoms with Gasteiger partial charge in [-0.1, -0.05) is 36.4 Å². The van der Waals surface area contributed by atoms with Gasteiger partial charge in [-0.05, 0) is 68.8 Å². The van der Waals surface area contributed by atoms with Gasteiger partial charge in [0.2, 0.25) is 5.91 Å². The molecule has 0 radical (unpaired) electrons. The highest BCUT2D eigenvalue weighted by molar-refractivity contribution is 5.94. The van der Waals surface area contributed by atoms with Crippen molar-refractivity contribution in [1.82, 2.24) is 4.90 Å². The smallest absolute Gasteiger partial charge is 0.224 e. The van der Waals surface area contributed by atoms with Crippen molar-refractivity contribution in [2.45, 2.75) is 38.5 Å². The Balaban J connectivity index is 1.17. The number of hydrogen-bond acceptors (Lipinski definition) is 3. The quantitative estimate of drug-likeness (QED) is 0.731. The number of piperidine rings is 1. The molecule has 28 heavy (non-hydrogen) atoms. The van der Waals surface area contributed by atoms with Crippen molar-refractivity contribution in [1.29, 1.82) is 0 Å². The van der Waals surface area contributed by atoms with Gasteiger partial charge in [0.25, 0.3) is 0 Å². The molecule has 2 aromatic rings. The highest BCUT2D eigenvalue weighted by Crippen LogP contribution is 2.31. The molecule has 0 saturated carbocycles. The van der Waals surface area contributed by atoms with Gasteiger partial charge >= 0.3 is 0 Å². The molecule has 0 bridgehead atoms. The second-order valence-corrected chi connectivity index (χ2v) is 8.01. The second-order valence-electron chi connectivity index (χ2n) is 8.01. The van der Waals surface area contributed by atoms with Crippen LogP contribution in [0.5, 0.6) is 5.75 Å². The van der Waals surface area contributed by atoms with E-state index >= 15 is 0 Å². The highest BCUT2D eigenvalue weighted by atomic mass is 16.5. The van der Waals surface area contributed by atoms with E-state index in [9.17, 15) is 4.79 Å². The van der Waals surface area contributed by atoms with Crippen LogP contribution in [0.4, 0.5) is 5.69 Å². The van der Waals surface area contributed by atoms with E-state index in [0.717, 1.165) is 48.9 Å². The van der Waals surface area contributed by atoms with Crippen molar-refractivity contribution >= 4 is 11.6 Å². The summed E-state index contributed by atoms with van der Waals surface area (Å²) < 4.78 is 6.05. The molecule has 1 saturated heterocycles. The van der Waals surface area contributed by atoms with Gasteiger partial charge in [0.05, 0.1) is 6.61 Å². The highest BCUT2D eigenvalue weighted by Gasteiger charge is 2.20. The Kier molecular flexibility index (Phi) is 6.27. The van der Waals surface area contributed by atoms with E-state index < -0.39 is 0 Å². The third-order valence-corrected chi connectivity index (χ3v) is 5.96. The number of nitrogens with one attached hydrogen (secondary N) is 1. The largest absolute Gasteiger partial charge is 0.493 e. The molecule has 2 aromatic carbocycles. The lowest BCUT2D eigenvalue weighted by atomic mass is 9.90. The molecule has 4 nitrogen and oxygen atoms in total. The molecule has 4 heteroatoms. The van der Waals surface area contributed by atoms with Crippen LogP contribution in [0.2, 0.25) is 0 Å². The van der Waals surface area contributed by atoms with Crippen molar-refractivity contribution in [3.8, 4) is 5.75 Å². The normalized spacial score (nSPS) is 17.8. The van der Waals surface area contributed by atoms with Gasteiger partial charge in [0, 0.05) is 24.2 Å². The van der Waals surface area contributed by atoms with Crippen LogP contribution in [0, 0.1) is 5.92 Å². The maximum atomic E-state index is 11.5. The number of rotatable bonds is 7. The zero-order chi connectivity index (χ0) is 19.2. The fourth-order valence-electron chi connectivity index (χ4n) is 4.36. The van der Waals surface area contributed by atoms with Crippen LogP contribution in [-0.4, -0.2) is 37.0 Å². The molecule has 2 aliphatic rings. The number of benzene rings is 2. The standard InChI is InChI=1S/C24H30N2O2/c27-24-11-10-21-22(25-24)8-4-9-23(21)28-17-5-14-26-15-12-20(13-16-26)18-19-6-2-1-3-7-19/h1-4,6-9,20H,5,10-18H2,(H,25,27). The van der Waals surface area contributed by atoms with Crippen LogP contribution in [-0.2, 0) is 17.6 Å². The number of carbonyl (C=O) groups excluding carboxylic acids is 1. The zero-order valence-corrected chi connectivity index (χ0v) is 16.5. The Morgan fingerprint density at radius 1 is 1.00 bits per heavy atom. The molecule has 4 rings (SSSR count). The Hall–Kier alpha value is -2.33. The summed E-state index contributed by atoms with van der Waals surface area (Å²) in [6.07, 6.45) is 6.16. The Morgan fingerprint density at radius 3 is 2.64 bits per heavy atom. The van der Waals surface area contributed by atoms with E-state index in [1.54, 1.807) is 0 Å². The topological polar surface area (TPSA) is 41.6 Å². The lowest BCUT2D eigenvalue weighted by Gasteiger charge is -2.32. The minimum Gasteiger partial charge on any atom is -0.493 e. The van der Waals surface area contributed by atoms with Crippen LogP contribution >= 0.6 is 0 Å². The van der Waals surface area contributed by atoms with Crippen LogP contribution in [0.15, 0.2) is 48.5 Å². The molecule has 0 atom stereocenters. The van der Waals surface area contributed by atoms with Crippen LogP contribution in [0.1, 0.15) is 36.8 Å². The first-order valence-corrected chi connectivity index (χ1v) is 10.6. The van der Waals surface area contributed by atoms with Gasteiger partial charge in [-0.3, -0.25) is 4.79 Å². The molecular formula is C24H30N2O2. The number of carbonyl (C=O) groups is 1. The molecule has 1 fully saturated rings. The molecular weight excluding hydrogens is 348 g/mol. The van der Waals surface area contributed by atoms with Crippen LogP contribution in [0.3, 0.4) is 0 Å². The van der Waals surface area contributed by atoms with Gasteiger partial charge < -0.3 is 15.0 Å². The van der Waals surface area contributed by atoms with Gasteiger partial charge in [-0.25, -0.2) is 0 Å². The molecule has 2 aliphatic heterocycles. The summed E-state index contributed by atoms with van der Waals surface area (Å²) in [4.78, 5) is 14.1.